The molecule has 0 spiro atoms. The third-order valence-corrected chi connectivity index (χ3v) is 5.87. The van der Waals surface area contributed by atoms with Crippen molar-refractivity contribution in [1.82, 2.24) is 0 Å². The molecule has 206 valence electrons. The van der Waals surface area contributed by atoms with E-state index in [1.165, 1.54) is 0 Å². The first kappa shape index (κ1) is 10.5. The molecule has 7 rings (SSSR count). The molecule has 0 saturated carbocycles. The minimum atomic E-state index is -1.05. The van der Waals surface area contributed by atoms with E-state index in [4.69, 9.17) is 41.7 Å². The van der Waals surface area contributed by atoms with Crippen LogP contribution in [0.4, 0.5) is 0 Å². The third kappa shape index (κ3) is 5.46. The van der Waals surface area contributed by atoms with Gasteiger partial charge in [-0.3, -0.25) is 4.99 Å². The second-order valence-corrected chi connectivity index (χ2v) is 8.50. The first-order valence-corrected chi connectivity index (χ1v) is 12.3. The quantitative estimate of drug-likeness (QED) is 0.157. The van der Waals surface area contributed by atoms with E-state index >= 15 is 0 Å². The molecule has 43 heavy (non-hydrogen) atoms. The molecule has 4 nitrogen and oxygen atoms in total. The van der Waals surface area contributed by atoms with Crippen LogP contribution in [-0.2, 0) is 6.54 Å². The van der Waals surface area contributed by atoms with Crippen LogP contribution in [0.3, 0.4) is 0 Å². The number of benzene rings is 6. The summed E-state index contributed by atoms with van der Waals surface area (Å²) >= 11 is 0. The zero-order valence-corrected chi connectivity index (χ0v) is 21.6. The van der Waals surface area contributed by atoms with Gasteiger partial charge in [-0.15, -0.1) is 0 Å². The summed E-state index contributed by atoms with van der Waals surface area (Å²) in [5.74, 6) is -1.77. The van der Waals surface area contributed by atoms with Gasteiger partial charge in [0.2, 0.25) is 0 Å². The van der Waals surface area contributed by atoms with Crippen molar-refractivity contribution >= 4 is 33.6 Å². The Bertz CT molecular complexity index is 3390. The predicted octanol–water partition coefficient (Wildman–Crippen LogP) is 9.27. The topological polar surface area (TPSA) is 63.9 Å². The van der Waals surface area contributed by atoms with Gasteiger partial charge in [0.15, 0.2) is 5.84 Å². The third-order valence-electron chi connectivity index (χ3n) is 5.87. The van der Waals surface area contributed by atoms with Crippen LogP contribution >= 0.6 is 0 Å². The highest BCUT2D eigenvalue weighted by Crippen LogP contribution is 2.32. The van der Waals surface area contributed by atoms with Gasteiger partial charge in [0.05, 0.1) is 40.8 Å². The fourth-order valence-electron chi connectivity index (χ4n) is 3.90. The summed E-state index contributed by atoms with van der Waals surface area (Å²) in [7, 11) is 0. The molecule has 1 aromatic heterocycles. The number of fused-ring (bicyclic) bond motifs is 3. The fourth-order valence-corrected chi connectivity index (χ4v) is 3.90. The average Bonchev–Trinajstić information content (AvgIpc) is 3.71. The lowest BCUT2D eigenvalue weighted by Gasteiger charge is -2.09. The number of hydrogen-bond acceptors (Lipinski definition) is 2. The van der Waals surface area contributed by atoms with Crippen molar-refractivity contribution in [2.75, 3.05) is 0 Å². The van der Waals surface area contributed by atoms with E-state index in [0.29, 0.717) is 0 Å². The molecule has 0 amide bonds. The molecule has 0 atom stereocenters. The Morgan fingerprint density at radius 2 is 1.12 bits per heavy atom. The van der Waals surface area contributed by atoms with Crippen molar-refractivity contribution in [3.63, 3.8) is 0 Å². The van der Waals surface area contributed by atoms with Crippen molar-refractivity contribution in [3.8, 4) is 22.3 Å². The Labute approximate surface area is 285 Å². The maximum absolute atomic E-state index is 9.17. The first-order valence-electron chi connectivity index (χ1n) is 24.8. The highest BCUT2D eigenvalue weighted by molar-refractivity contribution is 6.11. The molecule has 0 aliphatic heterocycles. The maximum Gasteiger partial charge on any atom is 0.157 e. The van der Waals surface area contributed by atoms with Gasteiger partial charge >= 0.3 is 0 Å². The largest absolute Gasteiger partial charge is 0.456 e. The van der Waals surface area contributed by atoms with E-state index in [0.717, 1.165) is 0 Å². The summed E-state index contributed by atoms with van der Waals surface area (Å²) in [6.07, 6.45) is 0. The van der Waals surface area contributed by atoms with Gasteiger partial charge in [-0.2, -0.15) is 0 Å². The summed E-state index contributed by atoms with van der Waals surface area (Å²) in [5, 5.41) is -0.581. The van der Waals surface area contributed by atoms with Gasteiger partial charge in [0, 0.05) is 21.9 Å². The van der Waals surface area contributed by atoms with Crippen LogP contribution in [-0.4, -0.2) is 11.7 Å². The van der Waals surface area contributed by atoms with E-state index < -0.39 is 214 Å². The smallest absolute Gasteiger partial charge is 0.157 e. The molecule has 0 radical (unpaired) electrons. The van der Waals surface area contributed by atoms with Gasteiger partial charge in [0.1, 0.15) is 17.0 Å². The van der Waals surface area contributed by atoms with Crippen LogP contribution in [0, 0.1) is 0 Å². The van der Waals surface area contributed by atoms with Gasteiger partial charge < -0.3 is 10.2 Å². The Hall–Kier alpha value is -5.74. The monoisotopic (exact) mass is 580 g/mol. The van der Waals surface area contributed by atoms with Crippen molar-refractivity contribution in [1.29, 1.82) is 0 Å². The van der Waals surface area contributed by atoms with E-state index in [1.54, 1.807) is 0 Å². The molecule has 2 N–H and O–H groups in total. The summed E-state index contributed by atoms with van der Waals surface area (Å²) in [5.41, 5.74) is 0.491. The Kier molecular flexibility index (Phi) is 2.84. The maximum atomic E-state index is 9.17. The lowest BCUT2D eigenvalue weighted by Crippen LogP contribution is -2.16. The summed E-state index contributed by atoms with van der Waals surface area (Å²) in [6.45, 7) is -0.885. The number of nitrogens with zero attached hydrogens (tertiary/aromatic N) is 2. The summed E-state index contributed by atoms with van der Waals surface area (Å²) < 4.78 is 219. The summed E-state index contributed by atoms with van der Waals surface area (Å²) in [4.78, 5) is 8.48. The lowest BCUT2D eigenvalue weighted by atomic mass is 9.99. The molecule has 1 heterocycles. The number of furan rings is 1. The molecule has 6 aromatic carbocycles. The fraction of sp³-hybridized carbons (Fsp3) is 0.0256. The van der Waals surface area contributed by atoms with Gasteiger partial charge in [0.25, 0.3) is 0 Å². The number of nitrogens with two attached hydrogens (primary N) is 1. The second-order valence-electron chi connectivity index (χ2n) is 8.50. The van der Waals surface area contributed by atoms with Crippen LogP contribution in [0.1, 0.15) is 51.0 Å². The van der Waals surface area contributed by atoms with E-state index in [1.807, 2.05) is 0 Å². The van der Waals surface area contributed by atoms with Crippen molar-refractivity contribution in [2.45, 2.75) is 6.54 Å². The zero-order valence-electron chi connectivity index (χ0n) is 46.6. The van der Waals surface area contributed by atoms with Crippen molar-refractivity contribution in [3.05, 3.63) is 168 Å². The molecule has 0 saturated heterocycles. The minimum Gasteiger partial charge on any atom is -0.456 e. The molecule has 0 unspecified atom stereocenters. The number of rotatable bonds is 6. The summed E-state index contributed by atoms with van der Waals surface area (Å²) in [6, 6.07) is -21.4. The first-order chi connectivity index (χ1) is 31.6. The molecule has 0 aliphatic rings. The highest BCUT2D eigenvalue weighted by atomic mass is 16.3. The molecule has 0 fully saturated rings. The van der Waals surface area contributed by atoms with Crippen LogP contribution in [0.2, 0.25) is 0 Å². The van der Waals surface area contributed by atoms with Crippen LogP contribution in [0.15, 0.2) is 165 Å². The van der Waals surface area contributed by atoms with Crippen LogP contribution in [0.25, 0.3) is 44.2 Å². The van der Waals surface area contributed by atoms with Gasteiger partial charge in [-0.25, -0.2) is 4.99 Å². The Morgan fingerprint density at radius 1 is 0.558 bits per heavy atom. The van der Waals surface area contributed by atoms with Crippen molar-refractivity contribution in [2.24, 2.45) is 15.7 Å². The van der Waals surface area contributed by atoms with Crippen molar-refractivity contribution < 1.29 is 38.7 Å². The standard InChI is InChI=1S/C39H29N3O/c40-38(31-12-5-2-6-13-31)42-39(41-26-33-14-9-17-36-37(33)34-15-7-8-16-35(34)43-36)32-24-22-30(23-25-32)29-20-18-28(19-21-29)27-10-3-1-4-11-27/h1-25H,26H2,(H2,40,41,42)/i1D,2D,3D,4D,5D,6D,7D,8D,9D,10D,11D,12D,13D,14D,15D,16D,17D,18D,19D,20D,21D,22D,23D,24D,25D. The van der Waals surface area contributed by atoms with E-state index in [9.17, 15) is 2.74 Å². The van der Waals surface area contributed by atoms with E-state index in [-0.39, 0.29) is 16.3 Å². The Balaban J connectivity index is 1.54. The number of hydrogen-bond donors (Lipinski definition) is 1. The minimum absolute atomic E-state index is 0.269. The van der Waals surface area contributed by atoms with Crippen LogP contribution < -0.4 is 5.73 Å². The van der Waals surface area contributed by atoms with Gasteiger partial charge in [-0.1, -0.05) is 139 Å². The molecular formula is C39H29N3O. The SMILES string of the molecule is [2H]c1c([2H])c([2H])c(C(N)=NC(=NCc2c([2H])c([2H])c([2H])c3oc4c([2H])c([2H])c([2H])c([2H])c4c23)c2c([2H])c([2H])c(-c3c([2H])c([2H])c(-c4c([2H])c([2H])c([2H])c([2H])c4[2H])c([2H])c3[2H])c([2H])c2[2H])c([2H])c1[2H]. The highest BCUT2D eigenvalue weighted by Gasteiger charge is 2.12. The Morgan fingerprint density at radius 3 is 1.81 bits per heavy atom. The molecule has 0 bridgehead atoms. The molecule has 7 aromatic rings. The molecular weight excluding hydrogens is 526 g/mol. The average molecular weight is 581 g/mol. The van der Waals surface area contributed by atoms with Gasteiger partial charge in [-0.05, 0) is 39.9 Å². The number of amidine groups is 2. The number of aliphatic imine (C=N–C) groups is 2. The normalized spacial score (nSPS) is 20.3. The van der Waals surface area contributed by atoms with E-state index in [2.05, 4.69) is 9.98 Å². The second kappa shape index (κ2) is 11.6. The number of para-hydroxylation sites is 1. The molecule has 0 aliphatic carbocycles. The zero-order chi connectivity index (χ0) is 50.8. The lowest BCUT2D eigenvalue weighted by molar-refractivity contribution is 0.668. The molecule has 4 heteroatoms. The predicted molar refractivity (Wildman–Crippen MR) is 178 cm³/mol. The van der Waals surface area contributed by atoms with Crippen LogP contribution in [0.5, 0.6) is 0 Å².